The topological polar surface area (TPSA) is 43.4 Å². The molecule has 1 rings (SSSR count). The lowest BCUT2D eigenvalue weighted by molar-refractivity contribution is 0.355. The Kier molecular flexibility index (Phi) is 4.07. The molecule has 0 spiro atoms. The third kappa shape index (κ3) is 3.77. The van der Waals surface area contributed by atoms with Gasteiger partial charge in [0.25, 0.3) is 10.1 Å². The van der Waals surface area contributed by atoms with Crippen LogP contribution in [0.25, 0.3) is 0 Å². The van der Waals surface area contributed by atoms with Crippen molar-refractivity contribution in [1.82, 2.24) is 0 Å². The van der Waals surface area contributed by atoms with E-state index in [1.807, 2.05) is 6.92 Å². The third-order valence-corrected chi connectivity index (χ3v) is 3.19. The predicted octanol–water partition coefficient (Wildman–Crippen LogP) is 2.61. The number of halogens is 1. The van der Waals surface area contributed by atoms with E-state index < -0.39 is 10.1 Å². The zero-order valence-corrected chi connectivity index (χ0v) is 10.6. The van der Waals surface area contributed by atoms with Crippen LogP contribution < -0.4 is 0 Å². The van der Waals surface area contributed by atoms with Crippen LogP contribution in [0.5, 0.6) is 0 Å². The van der Waals surface area contributed by atoms with Crippen molar-refractivity contribution in [3.05, 3.63) is 40.9 Å². The van der Waals surface area contributed by atoms with Crippen LogP contribution in [0.4, 0.5) is 0 Å². The summed E-state index contributed by atoms with van der Waals surface area (Å²) in [5, 5.41) is 0. The summed E-state index contributed by atoms with van der Waals surface area (Å²) in [6, 6.07) is 6.47. The van der Waals surface area contributed by atoms with Crippen molar-refractivity contribution < 1.29 is 12.6 Å². The Morgan fingerprint density at radius 2 is 1.93 bits per heavy atom. The highest BCUT2D eigenvalue weighted by molar-refractivity contribution is 9.11. The second-order valence-corrected chi connectivity index (χ2v) is 5.78. The first-order valence-corrected chi connectivity index (χ1v) is 6.41. The molecule has 82 valence electrons. The largest absolute Gasteiger partial charge is 0.297 e. The van der Waals surface area contributed by atoms with Gasteiger partial charge in [-0.05, 0) is 19.1 Å². The Labute approximate surface area is 98.0 Å². The van der Waals surface area contributed by atoms with E-state index in [1.165, 1.54) is 12.1 Å². The molecule has 0 N–H and O–H groups in total. The van der Waals surface area contributed by atoms with Crippen LogP contribution in [0.2, 0.25) is 0 Å². The fraction of sp³-hybridized carbons (Fsp3) is 0.200. The molecule has 0 amide bonds. The molecule has 0 fully saturated rings. The molecule has 0 saturated heterocycles. The summed E-state index contributed by atoms with van der Waals surface area (Å²) in [4.78, 5) is 0.154. The van der Waals surface area contributed by atoms with Gasteiger partial charge in [0.05, 0.1) is 11.5 Å². The zero-order valence-electron chi connectivity index (χ0n) is 8.23. The van der Waals surface area contributed by atoms with Gasteiger partial charge in [0, 0.05) is 4.48 Å². The zero-order chi connectivity index (χ0) is 11.5. The van der Waals surface area contributed by atoms with E-state index in [0.717, 1.165) is 5.56 Å². The molecule has 3 nitrogen and oxygen atoms in total. The van der Waals surface area contributed by atoms with Gasteiger partial charge in [0.1, 0.15) is 0 Å². The second-order valence-electron chi connectivity index (χ2n) is 3.05. The monoisotopic (exact) mass is 290 g/mol. The molecule has 0 aliphatic rings. The summed E-state index contributed by atoms with van der Waals surface area (Å²) in [5.41, 5.74) is 0.999. The number of rotatable bonds is 4. The number of benzene rings is 1. The normalized spacial score (nSPS) is 11.3. The summed E-state index contributed by atoms with van der Waals surface area (Å²) < 4.78 is 28.4. The van der Waals surface area contributed by atoms with Crippen LogP contribution in [0.1, 0.15) is 5.56 Å². The standard InChI is InChI=1S/C10H11BrO3S/c1-8-3-5-10(6-4-8)15(12,13)14-7-9(2)11/h3-6H,2,7H2,1H3. The molecule has 0 bridgehead atoms. The van der Waals surface area contributed by atoms with Crippen LogP contribution in [0.15, 0.2) is 40.2 Å². The smallest absolute Gasteiger partial charge is 0.261 e. The van der Waals surface area contributed by atoms with Gasteiger partial charge in [0.15, 0.2) is 0 Å². The maximum absolute atomic E-state index is 11.6. The van der Waals surface area contributed by atoms with Crippen molar-refractivity contribution in [2.75, 3.05) is 6.61 Å². The Hall–Kier alpha value is -0.650. The summed E-state index contributed by atoms with van der Waals surface area (Å²) in [6.45, 7) is 5.32. The maximum atomic E-state index is 11.6. The first-order valence-electron chi connectivity index (χ1n) is 4.21. The van der Waals surface area contributed by atoms with Crippen LogP contribution >= 0.6 is 15.9 Å². The Bertz CT molecular complexity index is 448. The first kappa shape index (κ1) is 12.4. The van der Waals surface area contributed by atoms with E-state index in [1.54, 1.807) is 12.1 Å². The molecule has 0 aromatic heterocycles. The van der Waals surface area contributed by atoms with E-state index in [9.17, 15) is 8.42 Å². The van der Waals surface area contributed by atoms with Crippen molar-refractivity contribution in [2.45, 2.75) is 11.8 Å². The van der Waals surface area contributed by atoms with Crippen molar-refractivity contribution in [3.63, 3.8) is 0 Å². The minimum Gasteiger partial charge on any atom is -0.261 e. The molecular weight excluding hydrogens is 280 g/mol. The van der Waals surface area contributed by atoms with Gasteiger partial charge in [0.2, 0.25) is 0 Å². The molecule has 0 saturated carbocycles. The molecule has 0 aliphatic heterocycles. The highest BCUT2D eigenvalue weighted by atomic mass is 79.9. The molecule has 0 heterocycles. The molecule has 15 heavy (non-hydrogen) atoms. The summed E-state index contributed by atoms with van der Waals surface area (Å²) in [5.74, 6) is 0. The van der Waals surface area contributed by atoms with E-state index in [-0.39, 0.29) is 11.5 Å². The van der Waals surface area contributed by atoms with Gasteiger partial charge in [-0.2, -0.15) is 8.42 Å². The van der Waals surface area contributed by atoms with E-state index in [0.29, 0.717) is 4.48 Å². The van der Waals surface area contributed by atoms with E-state index in [2.05, 4.69) is 22.5 Å². The van der Waals surface area contributed by atoms with E-state index in [4.69, 9.17) is 4.18 Å². The molecule has 1 aromatic carbocycles. The summed E-state index contributed by atoms with van der Waals surface area (Å²) >= 11 is 3.03. The third-order valence-electron chi connectivity index (χ3n) is 1.68. The minimum atomic E-state index is -3.66. The lowest BCUT2D eigenvalue weighted by atomic mass is 10.2. The van der Waals surface area contributed by atoms with Crippen LogP contribution in [-0.2, 0) is 14.3 Å². The summed E-state index contributed by atoms with van der Waals surface area (Å²) in [6.07, 6.45) is 0. The SMILES string of the molecule is C=C(Br)COS(=O)(=O)c1ccc(C)cc1. The average Bonchev–Trinajstić information content (AvgIpc) is 2.16. The molecule has 0 radical (unpaired) electrons. The predicted molar refractivity (Wildman–Crippen MR) is 62.4 cm³/mol. The van der Waals surface area contributed by atoms with Gasteiger partial charge in [-0.15, -0.1) is 0 Å². The van der Waals surface area contributed by atoms with Gasteiger partial charge >= 0.3 is 0 Å². The molecule has 0 unspecified atom stereocenters. The average molecular weight is 291 g/mol. The summed E-state index contributed by atoms with van der Waals surface area (Å²) in [7, 11) is -3.66. The quantitative estimate of drug-likeness (QED) is 0.801. The molecule has 1 aromatic rings. The van der Waals surface area contributed by atoms with Crippen LogP contribution in [-0.4, -0.2) is 15.0 Å². The number of hydrogen-bond donors (Lipinski definition) is 0. The Morgan fingerprint density at radius 1 is 1.40 bits per heavy atom. The van der Waals surface area contributed by atoms with Crippen molar-refractivity contribution in [1.29, 1.82) is 0 Å². The lowest BCUT2D eigenvalue weighted by Crippen LogP contribution is -2.07. The number of aryl methyl sites for hydroxylation is 1. The number of hydrogen-bond acceptors (Lipinski definition) is 3. The van der Waals surface area contributed by atoms with Crippen molar-refractivity contribution in [2.24, 2.45) is 0 Å². The first-order chi connectivity index (χ1) is 6.92. The van der Waals surface area contributed by atoms with Crippen LogP contribution in [0.3, 0.4) is 0 Å². The lowest BCUT2D eigenvalue weighted by Gasteiger charge is -2.04. The fourth-order valence-electron chi connectivity index (χ4n) is 0.914. The Balaban J connectivity index is 2.87. The Morgan fingerprint density at radius 3 is 2.40 bits per heavy atom. The van der Waals surface area contributed by atoms with Crippen molar-refractivity contribution >= 4 is 26.0 Å². The van der Waals surface area contributed by atoms with Gasteiger partial charge in [-0.25, -0.2) is 0 Å². The molecule has 0 aliphatic carbocycles. The minimum absolute atomic E-state index is 0.0593. The molecule has 0 atom stereocenters. The van der Waals surface area contributed by atoms with Crippen molar-refractivity contribution in [3.8, 4) is 0 Å². The van der Waals surface area contributed by atoms with Gasteiger partial charge in [-0.3, -0.25) is 4.18 Å². The molecule has 5 heteroatoms. The van der Waals surface area contributed by atoms with Gasteiger partial charge < -0.3 is 0 Å². The highest BCUT2D eigenvalue weighted by Crippen LogP contribution is 2.14. The van der Waals surface area contributed by atoms with Gasteiger partial charge in [-0.1, -0.05) is 40.2 Å². The maximum Gasteiger partial charge on any atom is 0.297 e. The highest BCUT2D eigenvalue weighted by Gasteiger charge is 2.14. The van der Waals surface area contributed by atoms with Crippen LogP contribution in [0, 0.1) is 6.92 Å². The fourth-order valence-corrected chi connectivity index (χ4v) is 2.08. The molecular formula is C10H11BrO3S. The second kappa shape index (κ2) is 4.92. The van der Waals surface area contributed by atoms with E-state index >= 15 is 0 Å².